The summed E-state index contributed by atoms with van der Waals surface area (Å²) in [5, 5.41) is 8.53. The molecule has 0 saturated heterocycles. The molecule has 0 aromatic carbocycles. The van der Waals surface area contributed by atoms with E-state index in [2.05, 4.69) is 0 Å². The van der Waals surface area contributed by atoms with Crippen LogP contribution in [0.2, 0.25) is 0 Å². The molecule has 76 valence electrons. The quantitative estimate of drug-likeness (QED) is 0.790. The van der Waals surface area contributed by atoms with Gasteiger partial charge in [0, 0.05) is 12.3 Å². The Hall–Kier alpha value is -1.72. The second-order valence-electron chi connectivity index (χ2n) is 2.60. The number of hydrogen-bond donors (Lipinski definition) is 1. The molecule has 0 bridgehead atoms. The topological polar surface area (TPSA) is 59.3 Å². The number of halogens is 2. The Morgan fingerprint density at radius 1 is 1.50 bits per heavy atom. The molecule has 0 unspecified atom stereocenters. The van der Waals surface area contributed by atoms with Crippen molar-refractivity contribution >= 4 is 5.97 Å². The molecule has 6 heteroatoms. The average molecular weight is 203 g/mol. The van der Waals surface area contributed by atoms with E-state index in [4.69, 9.17) is 5.11 Å². The molecule has 1 heterocycles. The zero-order valence-electron chi connectivity index (χ0n) is 6.98. The van der Waals surface area contributed by atoms with Gasteiger partial charge in [-0.05, 0) is 6.07 Å². The van der Waals surface area contributed by atoms with Crippen LogP contribution in [0.3, 0.4) is 0 Å². The lowest BCUT2D eigenvalue weighted by atomic mass is 10.3. The molecule has 1 rings (SSSR count). The maximum Gasteiger partial charge on any atom is 0.337 e. The molecule has 14 heavy (non-hydrogen) atoms. The van der Waals surface area contributed by atoms with Crippen molar-refractivity contribution in [3.8, 4) is 0 Å². The summed E-state index contributed by atoms with van der Waals surface area (Å²) in [7, 11) is 0. The molecule has 4 nitrogen and oxygen atoms in total. The van der Waals surface area contributed by atoms with E-state index in [0.717, 1.165) is 18.3 Å². The van der Waals surface area contributed by atoms with Crippen molar-refractivity contribution < 1.29 is 18.7 Å². The van der Waals surface area contributed by atoms with Crippen LogP contribution in [0.5, 0.6) is 0 Å². The molecular weight excluding hydrogens is 196 g/mol. The minimum Gasteiger partial charge on any atom is -0.478 e. The van der Waals surface area contributed by atoms with Crippen LogP contribution in [0, 0.1) is 0 Å². The molecule has 1 N–H and O–H groups in total. The fourth-order valence-electron chi connectivity index (χ4n) is 0.949. The van der Waals surface area contributed by atoms with Gasteiger partial charge in [-0.1, -0.05) is 0 Å². The molecule has 0 aliphatic heterocycles. The normalized spacial score (nSPS) is 10.5. The van der Waals surface area contributed by atoms with E-state index in [1.54, 1.807) is 0 Å². The standard InChI is InChI=1S/C8H7F2NO3/c9-6(10)4-11-3-5(8(13)14)1-2-7(11)12/h1-3,6H,4H2,(H,13,14). The van der Waals surface area contributed by atoms with Gasteiger partial charge in [0.25, 0.3) is 12.0 Å². The van der Waals surface area contributed by atoms with Crippen molar-refractivity contribution in [2.75, 3.05) is 0 Å². The zero-order valence-corrected chi connectivity index (χ0v) is 6.98. The largest absolute Gasteiger partial charge is 0.478 e. The monoisotopic (exact) mass is 203 g/mol. The maximum absolute atomic E-state index is 11.9. The van der Waals surface area contributed by atoms with Gasteiger partial charge in [-0.15, -0.1) is 0 Å². The van der Waals surface area contributed by atoms with E-state index < -0.39 is 24.5 Å². The number of pyridine rings is 1. The van der Waals surface area contributed by atoms with E-state index in [1.807, 2.05) is 0 Å². The number of hydrogen-bond acceptors (Lipinski definition) is 2. The zero-order chi connectivity index (χ0) is 10.7. The van der Waals surface area contributed by atoms with Gasteiger partial charge < -0.3 is 9.67 Å². The Balaban J connectivity index is 3.08. The number of carboxylic acid groups (broad SMARTS) is 1. The van der Waals surface area contributed by atoms with Crippen LogP contribution in [-0.2, 0) is 6.54 Å². The summed E-state index contributed by atoms with van der Waals surface area (Å²) in [6.07, 6.45) is -1.78. The minimum atomic E-state index is -2.68. The molecular formula is C8H7F2NO3. The van der Waals surface area contributed by atoms with Crippen LogP contribution in [0.25, 0.3) is 0 Å². The van der Waals surface area contributed by atoms with Gasteiger partial charge in [0.15, 0.2) is 0 Å². The molecule has 0 radical (unpaired) electrons. The fourth-order valence-corrected chi connectivity index (χ4v) is 0.949. The lowest BCUT2D eigenvalue weighted by Gasteiger charge is -2.04. The van der Waals surface area contributed by atoms with Gasteiger partial charge in [0.05, 0.1) is 12.1 Å². The van der Waals surface area contributed by atoms with Crippen LogP contribution in [0.4, 0.5) is 8.78 Å². The van der Waals surface area contributed by atoms with E-state index in [0.29, 0.717) is 4.57 Å². The summed E-state index contributed by atoms with van der Waals surface area (Å²) in [4.78, 5) is 21.4. The number of nitrogens with zero attached hydrogens (tertiary/aromatic N) is 1. The highest BCUT2D eigenvalue weighted by Crippen LogP contribution is 1.99. The SMILES string of the molecule is O=C(O)c1ccc(=O)n(CC(F)F)c1. The van der Waals surface area contributed by atoms with Crippen LogP contribution in [0.1, 0.15) is 10.4 Å². The number of carbonyl (C=O) groups is 1. The van der Waals surface area contributed by atoms with E-state index in [9.17, 15) is 18.4 Å². The highest BCUT2D eigenvalue weighted by molar-refractivity contribution is 5.87. The molecule has 0 saturated carbocycles. The number of aromatic carboxylic acids is 1. The van der Waals surface area contributed by atoms with Crippen LogP contribution >= 0.6 is 0 Å². The van der Waals surface area contributed by atoms with Crippen LogP contribution in [0.15, 0.2) is 23.1 Å². The Kier molecular flexibility index (Phi) is 2.95. The Morgan fingerprint density at radius 3 is 2.64 bits per heavy atom. The second-order valence-corrected chi connectivity index (χ2v) is 2.60. The first-order valence-corrected chi connectivity index (χ1v) is 3.72. The molecule has 1 aromatic rings. The van der Waals surface area contributed by atoms with Crippen molar-refractivity contribution in [3.63, 3.8) is 0 Å². The molecule has 0 spiro atoms. The van der Waals surface area contributed by atoms with E-state index in [-0.39, 0.29) is 5.56 Å². The molecule has 1 aromatic heterocycles. The highest BCUT2D eigenvalue weighted by Gasteiger charge is 2.08. The third-order valence-corrected chi connectivity index (χ3v) is 1.57. The summed E-state index contributed by atoms with van der Waals surface area (Å²) in [5.74, 6) is -1.26. The lowest BCUT2D eigenvalue weighted by Crippen LogP contribution is -2.23. The van der Waals surface area contributed by atoms with Gasteiger partial charge >= 0.3 is 5.97 Å². The first-order valence-electron chi connectivity index (χ1n) is 3.72. The first-order chi connectivity index (χ1) is 6.50. The van der Waals surface area contributed by atoms with Crippen LogP contribution in [-0.4, -0.2) is 22.1 Å². The average Bonchev–Trinajstić information content (AvgIpc) is 2.07. The van der Waals surface area contributed by atoms with Crippen LogP contribution < -0.4 is 5.56 Å². The highest BCUT2D eigenvalue weighted by atomic mass is 19.3. The number of carboxylic acids is 1. The number of rotatable bonds is 3. The van der Waals surface area contributed by atoms with Crippen molar-refractivity contribution in [2.24, 2.45) is 0 Å². The third-order valence-electron chi connectivity index (χ3n) is 1.57. The summed E-state index contributed by atoms with van der Waals surface area (Å²) in [6.45, 7) is -0.792. The lowest BCUT2D eigenvalue weighted by molar-refractivity contribution is 0.0694. The molecule has 0 aliphatic carbocycles. The van der Waals surface area contributed by atoms with Gasteiger partial charge in [-0.3, -0.25) is 4.79 Å². The molecule has 0 amide bonds. The van der Waals surface area contributed by atoms with E-state index in [1.165, 1.54) is 0 Å². The molecule has 0 atom stereocenters. The van der Waals surface area contributed by atoms with Crippen molar-refractivity contribution in [3.05, 3.63) is 34.2 Å². The van der Waals surface area contributed by atoms with Gasteiger partial charge in [-0.2, -0.15) is 0 Å². The number of aromatic nitrogens is 1. The summed E-state index contributed by atoms with van der Waals surface area (Å²) < 4.78 is 24.5. The molecule has 0 fully saturated rings. The van der Waals surface area contributed by atoms with Crippen molar-refractivity contribution in [2.45, 2.75) is 13.0 Å². The maximum atomic E-state index is 11.9. The smallest absolute Gasteiger partial charge is 0.337 e. The van der Waals surface area contributed by atoms with Gasteiger partial charge in [-0.25, -0.2) is 13.6 Å². The Labute approximate surface area is 77.4 Å². The van der Waals surface area contributed by atoms with Gasteiger partial charge in [0.2, 0.25) is 0 Å². The fraction of sp³-hybridized carbons (Fsp3) is 0.250. The Morgan fingerprint density at radius 2 is 2.14 bits per heavy atom. The summed E-state index contributed by atoms with van der Waals surface area (Å²) in [6, 6.07) is 2.03. The van der Waals surface area contributed by atoms with Crippen molar-refractivity contribution in [1.82, 2.24) is 4.57 Å². The molecule has 0 aliphatic rings. The summed E-state index contributed by atoms with van der Waals surface area (Å²) in [5.41, 5.74) is -0.833. The van der Waals surface area contributed by atoms with Crippen molar-refractivity contribution in [1.29, 1.82) is 0 Å². The summed E-state index contributed by atoms with van der Waals surface area (Å²) >= 11 is 0. The third kappa shape index (κ3) is 2.38. The second kappa shape index (κ2) is 3.99. The predicted octanol–water partition coefficient (Wildman–Crippen LogP) is 0.812. The van der Waals surface area contributed by atoms with Gasteiger partial charge in [0.1, 0.15) is 0 Å². The minimum absolute atomic E-state index is 0.190. The van der Waals surface area contributed by atoms with E-state index >= 15 is 0 Å². The predicted molar refractivity (Wildman–Crippen MR) is 43.7 cm³/mol. The Bertz CT molecular complexity index is 400. The number of alkyl halides is 2. The first kappa shape index (κ1) is 10.4.